The van der Waals surface area contributed by atoms with Crippen LogP contribution in [0.4, 0.5) is 4.39 Å². The van der Waals surface area contributed by atoms with Gasteiger partial charge in [-0.15, -0.1) is 5.10 Å². The summed E-state index contributed by atoms with van der Waals surface area (Å²) in [5.74, 6) is -0.956. The van der Waals surface area contributed by atoms with E-state index < -0.39 is 11.4 Å². The lowest BCUT2D eigenvalue weighted by Gasteiger charge is -2.39. The van der Waals surface area contributed by atoms with Crippen molar-refractivity contribution in [1.82, 2.24) is 19.9 Å². The Bertz CT molecular complexity index is 737. The highest BCUT2D eigenvalue weighted by molar-refractivity contribution is 5.97. The molecule has 1 aromatic carbocycles. The van der Waals surface area contributed by atoms with Crippen molar-refractivity contribution < 1.29 is 19.0 Å². The number of hydrogen-bond donors (Lipinski definition) is 1. The van der Waals surface area contributed by atoms with Crippen LogP contribution in [0.2, 0.25) is 0 Å². The lowest BCUT2D eigenvalue weighted by molar-refractivity contribution is -0.0388. The van der Waals surface area contributed by atoms with E-state index in [4.69, 9.17) is 4.74 Å². The number of carbonyl (C=O) groups excluding carboxylic acids is 1. The monoisotopic (exact) mass is 348 g/mol. The molecule has 0 aliphatic carbocycles. The molecule has 3 rings (SSSR count). The number of benzene rings is 1. The molecule has 1 aliphatic heterocycles. The minimum atomic E-state index is -1.10. The summed E-state index contributed by atoms with van der Waals surface area (Å²) in [6, 6.07) is 4.29. The third-order valence-corrected chi connectivity index (χ3v) is 4.26. The third kappa shape index (κ3) is 3.79. The summed E-state index contributed by atoms with van der Waals surface area (Å²) in [6.45, 7) is 2.89. The van der Waals surface area contributed by atoms with Crippen molar-refractivity contribution in [1.29, 1.82) is 0 Å². The lowest BCUT2D eigenvalue weighted by Crippen LogP contribution is -2.52. The first kappa shape index (κ1) is 17.3. The average Bonchev–Trinajstić information content (AvgIpc) is 3.08. The molecule has 8 heteroatoms. The summed E-state index contributed by atoms with van der Waals surface area (Å²) in [5, 5.41) is 18.4. The van der Waals surface area contributed by atoms with Crippen molar-refractivity contribution in [3.63, 3.8) is 0 Å². The summed E-state index contributed by atoms with van der Waals surface area (Å²) in [4.78, 5) is 14.4. The minimum Gasteiger partial charge on any atom is -0.490 e. The first-order valence-electron chi connectivity index (χ1n) is 8.29. The van der Waals surface area contributed by atoms with Crippen LogP contribution in [0.1, 0.15) is 30.1 Å². The molecule has 134 valence electrons. The van der Waals surface area contributed by atoms with Gasteiger partial charge in [0.25, 0.3) is 5.91 Å². The molecule has 1 N–H and O–H groups in total. The fraction of sp³-hybridized carbons (Fsp3) is 0.471. The van der Waals surface area contributed by atoms with Gasteiger partial charge in [0.15, 0.2) is 11.6 Å². The highest BCUT2D eigenvalue weighted by atomic mass is 19.1. The van der Waals surface area contributed by atoms with E-state index in [2.05, 4.69) is 10.3 Å². The molecule has 25 heavy (non-hydrogen) atoms. The zero-order valence-electron chi connectivity index (χ0n) is 14.1. The summed E-state index contributed by atoms with van der Waals surface area (Å²) in [7, 11) is 0. The topological polar surface area (TPSA) is 80.5 Å². The Morgan fingerprint density at radius 3 is 3.04 bits per heavy atom. The molecule has 2 aromatic rings. The average molecular weight is 348 g/mol. The molecule has 1 fully saturated rings. The first-order chi connectivity index (χ1) is 12.0. The number of likely N-dealkylation sites (tertiary alicyclic amines) is 1. The Morgan fingerprint density at radius 2 is 2.32 bits per heavy atom. The van der Waals surface area contributed by atoms with Crippen molar-refractivity contribution in [2.75, 3.05) is 19.7 Å². The molecule has 7 nitrogen and oxygen atoms in total. The van der Waals surface area contributed by atoms with Gasteiger partial charge in [0, 0.05) is 12.7 Å². The van der Waals surface area contributed by atoms with Crippen LogP contribution >= 0.6 is 0 Å². The molecule has 0 spiro atoms. The number of β-amino-alcohol motifs (C(OH)–C–C–N with tert-alkyl or cyclic N) is 1. The van der Waals surface area contributed by atoms with Crippen LogP contribution in [-0.2, 0) is 6.54 Å². The predicted octanol–water partition coefficient (Wildman–Crippen LogP) is 1.48. The number of aliphatic hydroxyl groups is 1. The zero-order valence-corrected chi connectivity index (χ0v) is 14.1. The first-order valence-corrected chi connectivity index (χ1v) is 8.29. The fourth-order valence-corrected chi connectivity index (χ4v) is 3.17. The number of rotatable bonds is 5. The van der Waals surface area contributed by atoms with Crippen molar-refractivity contribution >= 4 is 5.91 Å². The molecule has 1 saturated heterocycles. The molecular formula is C17H21FN4O3. The van der Waals surface area contributed by atoms with Gasteiger partial charge < -0.3 is 14.7 Å². The fourth-order valence-electron chi connectivity index (χ4n) is 3.17. The van der Waals surface area contributed by atoms with E-state index in [0.29, 0.717) is 19.4 Å². The zero-order chi connectivity index (χ0) is 17.9. The van der Waals surface area contributed by atoms with Gasteiger partial charge in [-0.1, -0.05) is 11.3 Å². The van der Waals surface area contributed by atoms with Gasteiger partial charge in [-0.25, -0.2) is 9.07 Å². The molecule has 1 unspecified atom stereocenters. The minimum absolute atomic E-state index is 0.0413. The molecule has 1 atom stereocenters. The maximum atomic E-state index is 14.0. The van der Waals surface area contributed by atoms with Crippen LogP contribution in [0.5, 0.6) is 5.75 Å². The second kappa shape index (κ2) is 7.18. The predicted molar refractivity (Wildman–Crippen MR) is 87.7 cm³/mol. The van der Waals surface area contributed by atoms with E-state index in [9.17, 15) is 14.3 Å². The molecule has 1 aromatic heterocycles. The van der Waals surface area contributed by atoms with Crippen LogP contribution < -0.4 is 4.74 Å². The number of para-hydroxylation sites is 1. The number of carbonyl (C=O) groups is 1. The van der Waals surface area contributed by atoms with Crippen LogP contribution in [0, 0.1) is 5.82 Å². The van der Waals surface area contributed by atoms with Gasteiger partial charge >= 0.3 is 0 Å². The second-order valence-corrected chi connectivity index (χ2v) is 6.20. The lowest BCUT2D eigenvalue weighted by atomic mass is 9.92. The third-order valence-electron chi connectivity index (χ3n) is 4.26. The SMILES string of the molecule is CCOc1c(F)cccc1C(=O)N1CCCC(O)(Cn2ccnn2)C1. The molecule has 1 aliphatic rings. The van der Waals surface area contributed by atoms with Crippen LogP contribution in [0.25, 0.3) is 0 Å². The van der Waals surface area contributed by atoms with Crippen LogP contribution in [-0.4, -0.2) is 56.2 Å². The highest BCUT2D eigenvalue weighted by Crippen LogP contribution is 2.28. The van der Waals surface area contributed by atoms with Crippen molar-refractivity contribution in [3.8, 4) is 5.75 Å². The van der Waals surface area contributed by atoms with E-state index in [-0.39, 0.29) is 36.9 Å². The molecule has 1 amide bonds. The van der Waals surface area contributed by atoms with Gasteiger partial charge in [-0.2, -0.15) is 0 Å². The van der Waals surface area contributed by atoms with Crippen molar-refractivity contribution in [2.45, 2.75) is 31.9 Å². The van der Waals surface area contributed by atoms with Gasteiger partial charge in [0.2, 0.25) is 0 Å². The van der Waals surface area contributed by atoms with E-state index in [0.717, 1.165) is 0 Å². The highest BCUT2D eigenvalue weighted by Gasteiger charge is 2.37. The van der Waals surface area contributed by atoms with E-state index in [1.165, 1.54) is 23.2 Å². The Labute approximate surface area is 145 Å². The van der Waals surface area contributed by atoms with Gasteiger partial charge in [-0.05, 0) is 31.9 Å². The standard InChI is InChI=1S/C17H21FN4O3/c1-2-25-15-13(5-3-6-14(15)18)16(23)21-9-4-7-17(24,11-21)12-22-10-8-19-20-22/h3,5-6,8,10,24H,2,4,7,9,11-12H2,1H3. The van der Waals surface area contributed by atoms with E-state index in [1.54, 1.807) is 23.9 Å². The largest absolute Gasteiger partial charge is 0.490 e. The van der Waals surface area contributed by atoms with Gasteiger partial charge in [-0.3, -0.25) is 4.79 Å². The number of amides is 1. The molecule has 2 heterocycles. The summed E-state index contributed by atoms with van der Waals surface area (Å²) < 4.78 is 20.9. The number of aromatic nitrogens is 3. The van der Waals surface area contributed by atoms with Crippen LogP contribution in [0.15, 0.2) is 30.6 Å². The van der Waals surface area contributed by atoms with Gasteiger partial charge in [0.1, 0.15) is 5.60 Å². The van der Waals surface area contributed by atoms with Gasteiger partial charge in [0.05, 0.1) is 31.5 Å². The molecular weight excluding hydrogens is 327 g/mol. The van der Waals surface area contributed by atoms with E-state index in [1.807, 2.05) is 0 Å². The normalized spacial score (nSPS) is 20.5. The number of nitrogens with zero attached hydrogens (tertiary/aromatic N) is 4. The Kier molecular flexibility index (Phi) is 4.98. The van der Waals surface area contributed by atoms with E-state index >= 15 is 0 Å². The quantitative estimate of drug-likeness (QED) is 0.885. The molecule has 0 bridgehead atoms. The number of ether oxygens (including phenoxy) is 1. The summed E-state index contributed by atoms with van der Waals surface area (Å²) in [5.41, 5.74) is -0.924. The van der Waals surface area contributed by atoms with Crippen molar-refractivity contribution in [3.05, 3.63) is 42.0 Å². The second-order valence-electron chi connectivity index (χ2n) is 6.20. The Balaban J connectivity index is 1.79. The maximum absolute atomic E-state index is 14.0. The molecule has 0 radical (unpaired) electrons. The smallest absolute Gasteiger partial charge is 0.257 e. The van der Waals surface area contributed by atoms with Crippen molar-refractivity contribution in [2.24, 2.45) is 0 Å². The maximum Gasteiger partial charge on any atom is 0.257 e. The molecule has 0 saturated carbocycles. The number of hydrogen-bond acceptors (Lipinski definition) is 5. The summed E-state index contributed by atoms with van der Waals surface area (Å²) in [6.07, 6.45) is 4.41. The number of halogens is 1. The van der Waals surface area contributed by atoms with Crippen LogP contribution in [0.3, 0.4) is 0 Å². The Morgan fingerprint density at radius 1 is 1.48 bits per heavy atom. The summed E-state index contributed by atoms with van der Waals surface area (Å²) >= 11 is 0. The Hall–Kier alpha value is -2.48. The number of piperidine rings is 1.